The SMILES string of the molecule is Cl.Cl.O=C(Nc1ccc(Oc2ccccc2)nc1)c1cn(C2CCNCC2)nn1. The molecule has 10 heteroatoms. The average molecular weight is 437 g/mol. The molecule has 2 aromatic heterocycles. The Balaban J connectivity index is 0.00000150. The van der Waals surface area contributed by atoms with Crippen molar-refractivity contribution in [2.75, 3.05) is 18.4 Å². The molecule has 8 nitrogen and oxygen atoms in total. The quantitative estimate of drug-likeness (QED) is 0.635. The number of para-hydroxylation sites is 1. The van der Waals surface area contributed by atoms with Crippen molar-refractivity contribution in [1.29, 1.82) is 0 Å². The summed E-state index contributed by atoms with van der Waals surface area (Å²) in [6, 6.07) is 13.1. The Morgan fingerprint density at radius 1 is 1.10 bits per heavy atom. The van der Waals surface area contributed by atoms with Gasteiger partial charge in [0, 0.05) is 6.07 Å². The summed E-state index contributed by atoms with van der Waals surface area (Å²) in [6.07, 6.45) is 5.22. The van der Waals surface area contributed by atoms with Crippen LogP contribution in [0.2, 0.25) is 0 Å². The molecular weight excluding hydrogens is 415 g/mol. The van der Waals surface area contributed by atoms with E-state index in [1.54, 1.807) is 29.2 Å². The molecule has 154 valence electrons. The van der Waals surface area contributed by atoms with Crippen molar-refractivity contribution in [3.8, 4) is 11.6 Å². The van der Waals surface area contributed by atoms with Gasteiger partial charge in [0.05, 0.1) is 24.1 Å². The predicted molar refractivity (Wildman–Crippen MR) is 114 cm³/mol. The van der Waals surface area contributed by atoms with E-state index in [9.17, 15) is 4.79 Å². The Labute approximate surface area is 180 Å². The van der Waals surface area contributed by atoms with Crippen LogP contribution in [0, 0.1) is 0 Å². The van der Waals surface area contributed by atoms with E-state index in [0.29, 0.717) is 17.3 Å². The lowest BCUT2D eigenvalue weighted by Crippen LogP contribution is -2.29. The van der Waals surface area contributed by atoms with Crippen molar-refractivity contribution in [1.82, 2.24) is 25.3 Å². The maximum absolute atomic E-state index is 12.4. The molecule has 29 heavy (non-hydrogen) atoms. The molecule has 0 unspecified atom stereocenters. The molecule has 3 aromatic rings. The molecule has 0 saturated carbocycles. The molecule has 1 aliphatic heterocycles. The van der Waals surface area contributed by atoms with E-state index in [0.717, 1.165) is 25.9 Å². The highest BCUT2D eigenvalue weighted by atomic mass is 35.5. The number of carbonyl (C=O) groups excluding carboxylic acids is 1. The zero-order valence-corrected chi connectivity index (χ0v) is 17.2. The third-order valence-corrected chi connectivity index (χ3v) is 4.39. The largest absolute Gasteiger partial charge is 0.439 e. The van der Waals surface area contributed by atoms with Crippen molar-refractivity contribution in [2.45, 2.75) is 18.9 Å². The third kappa shape index (κ3) is 5.90. The zero-order valence-electron chi connectivity index (χ0n) is 15.5. The van der Waals surface area contributed by atoms with E-state index in [1.807, 2.05) is 30.3 Å². The van der Waals surface area contributed by atoms with Crippen LogP contribution < -0.4 is 15.4 Å². The minimum atomic E-state index is -0.311. The van der Waals surface area contributed by atoms with Crippen molar-refractivity contribution < 1.29 is 9.53 Å². The lowest BCUT2D eigenvalue weighted by molar-refractivity contribution is 0.102. The van der Waals surface area contributed by atoms with Crippen LogP contribution in [0.3, 0.4) is 0 Å². The molecule has 1 aliphatic rings. The lowest BCUT2D eigenvalue weighted by Gasteiger charge is -2.22. The van der Waals surface area contributed by atoms with Crippen molar-refractivity contribution >= 4 is 36.4 Å². The van der Waals surface area contributed by atoms with Crippen molar-refractivity contribution in [3.63, 3.8) is 0 Å². The van der Waals surface area contributed by atoms with Gasteiger partial charge in [0.1, 0.15) is 5.75 Å². The number of ether oxygens (including phenoxy) is 1. The zero-order chi connectivity index (χ0) is 18.5. The Morgan fingerprint density at radius 2 is 1.86 bits per heavy atom. The van der Waals surface area contributed by atoms with Gasteiger partial charge >= 0.3 is 0 Å². The van der Waals surface area contributed by atoms with Crippen LogP contribution in [-0.2, 0) is 0 Å². The topological polar surface area (TPSA) is 94.0 Å². The number of anilines is 1. The summed E-state index contributed by atoms with van der Waals surface area (Å²) >= 11 is 0. The van der Waals surface area contributed by atoms with E-state index < -0.39 is 0 Å². The molecular formula is C19H22Cl2N6O2. The molecule has 1 saturated heterocycles. The van der Waals surface area contributed by atoms with Crippen molar-refractivity contribution in [2.24, 2.45) is 0 Å². The highest BCUT2D eigenvalue weighted by Gasteiger charge is 2.18. The van der Waals surface area contributed by atoms with Crippen LogP contribution in [0.25, 0.3) is 0 Å². The lowest BCUT2D eigenvalue weighted by atomic mass is 10.1. The first kappa shape index (κ1) is 22.6. The van der Waals surface area contributed by atoms with Gasteiger partial charge in [-0.15, -0.1) is 29.9 Å². The highest BCUT2D eigenvalue weighted by Crippen LogP contribution is 2.20. The van der Waals surface area contributed by atoms with Gasteiger partial charge in [-0.05, 0) is 44.1 Å². The number of hydrogen-bond acceptors (Lipinski definition) is 6. The van der Waals surface area contributed by atoms with E-state index in [2.05, 4.69) is 25.9 Å². The molecule has 0 bridgehead atoms. The normalized spacial score (nSPS) is 13.7. The number of pyridine rings is 1. The van der Waals surface area contributed by atoms with E-state index in [4.69, 9.17) is 4.74 Å². The molecule has 0 atom stereocenters. The van der Waals surface area contributed by atoms with Crippen LogP contribution in [0.4, 0.5) is 5.69 Å². The monoisotopic (exact) mass is 436 g/mol. The average Bonchev–Trinajstić information content (AvgIpc) is 3.21. The van der Waals surface area contributed by atoms with Gasteiger partial charge in [-0.1, -0.05) is 23.4 Å². The van der Waals surface area contributed by atoms with E-state index in [-0.39, 0.29) is 42.5 Å². The summed E-state index contributed by atoms with van der Waals surface area (Å²) in [5.74, 6) is 0.848. The fourth-order valence-electron chi connectivity index (χ4n) is 2.95. The van der Waals surface area contributed by atoms with E-state index in [1.165, 1.54) is 0 Å². The summed E-state index contributed by atoms with van der Waals surface area (Å²) in [5, 5.41) is 14.2. The number of nitrogens with one attached hydrogen (secondary N) is 2. The number of carbonyl (C=O) groups is 1. The molecule has 1 aromatic carbocycles. The number of aromatic nitrogens is 4. The summed E-state index contributed by atoms with van der Waals surface area (Å²) in [7, 11) is 0. The molecule has 2 N–H and O–H groups in total. The standard InChI is InChI=1S/C19H20N6O2.2ClH/c26-19(17-13-25(24-23-17)15-8-10-20-11-9-15)22-14-6-7-18(21-12-14)27-16-4-2-1-3-5-16;;/h1-7,12-13,15,20H,8-11H2,(H,22,26);2*1H. The smallest absolute Gasteiger partial charge is 0.277 e. The van der Waals surface area contributed by atoms with Crippen molar-refractivity contribution in [3.05, 3.63) is 60.6 Å². The minimum absolute atomic E-state index is 0. The first-order valence-corrected chi connectivity index (χ1v) is 8.91. The van der Waals surface area contributed by atoms with Gasteiger partial charge in [-0.2, -0.15) is 0 Å². The third-order valence-electron chi connectivity index (χ3n) is 4.39. The van der Waals surface area contributed by atoms with Gasteiger partial charge < -0.3 is 15.4 Å². The maximum Gasteiger partial charge on any atom is 0.277 e. The van der Waals surface area contributed by atoms with Gasteiger partial charge in [0.2, 0.25) is 5.88 Å². The summed E-state index contributed by atoms with van der Waals surface area (Å²) < 4.78 is 7.42. The number of amides is 1. The summed E-state index contributed by atoms with van der Waals surface area (Å²) in [4.78, 5) is 16.6. The molecule has 1 fully saturated rings. The van der Waals surface area contributed by atoms with Crippen LogP contribution in [0.1, 0.15) is 29.4 Å². The van der Waals surface area contributed by atoms with E-state index >= 15 is 0 Å². The summed E-state index contributed by atoms with van der Waals surface area (Å²) in [5.41, 5.74) is 0.856. The Kier molecular flexibility index (Phi) is 8.38. The number of piperidine rings is 1. The highest BCUT2D eigenvalue weighted by molar-refractivity contribution is 6.02. The second-order valence-electron chi connectivity index (χ2n) is 6.32. The van der Waals surface area contributed by atoms with Crippen LogP contribution in [0.15, 0.2) is 54.9 Å². The summed E-state index contributed by atoms with van der Waals surface area (Å²) in [6.45, 7) is 1.91. The fourth-order valence-corrected chi connectivity index (χ4v) is 2.95. The minimum Gasteiger partial charge on any atom is -0.439 e. The van der Waals surface area contributed by atoms with Gasteiger partial charge in [0.25, 0.3) is 5.91 Å². The fraction of sp³-hybridized carbons (Fsp3) is 0.263. The van der Waals surface area contributed by atoms with Gasteiger partial charge in [-0.25, -0.2) is 9.67 Å². The number of benzene rings is 1. The molecule has 3 heterocycles. The Bertz CT molecular complexity index is 899. The van der Waals surface area contributed by atoms with Crippen LogP contribution in [0.5, 0.6) is 11.6 Å². The number of hydrogen-bond donors (Lipinski definition) is 2. The Morgan fingerprint density at radius 3 is 2.55 bits per heavy atom. The second kappa shape index (κ2) is 10.8. The number of nitrogens with zero attached hydrogens (tertiary/aromatic N) is 4. The number of rotatable bonds is 5. The number of halogens is 2. The van der Waals surface area contributed by atoms with Crippen LogP contribution in [-0.4, -0.2) is 39.0 Å². The molecule has 1 amide bonds. The first-order chi connectivity index (χ1) is 13.3. The van der Waals surface area contributed by atoms with Crippen LogP contribution >= 0.6 is 24.8 Å². The first-order valence-electron chi connectivity index (χ1n) is 8.91. The molecule has 0 aliphatic carbocycles. The molecule has 4 rings (SSSR count). The Hall–Kier alpha value is -2.68. The predicted octanol–water partition coefficient (Wildman–Crippen LogP) is 3.49. The maximum atomic E-state index is 12.4. The molecule has 0 radical (unpaired) electrons. The second-order valence-corrected chi connectivity index (χ2v) is 6.32. The van der Waals surface area contributed by atoms with Gasteiger partial charge in [-0.3, -0.25) is 4.79 Å². The van der Waals surface area contributed by atoms with Gasteiger partial charge in [0.15, 0.2) is 5.69 Å². The molecule has 0 spiro atoms.